The number of piperazine rings is 1. The van der Waals surface area contributed by atoms with Crippen molar-refractivity contribution in [3.8, 4) is 11.5 Å². The zero-order chi connectivity index (χ0) is 39.1. The van der Waals surface area contributed by atoms with Gasteiger partial charge in [0.15, 0.2) is 0 Å². The third-order valence-corrected chi connectivity index (χ3v) is 14.1. The summed E-state index contributed by atoms with van der Waals surface area (Å²) in [7, 11) is 0. The Balaban J connectivity index is 0.708. The van der Waals surface area contributed by atoms with E-state index in [1.54, 1.807) is 4.90 Å². The number of phenolic OH excluding ortho intramolecular Hbond substituents is 1. The molecule has 0 radical (unpaired) electrons. The van der Waals surface area contributed by atoms with Crippen molar-refractivity contribution in [1.29, 1.82) is 0 Å². The van der Waals surface area contributed by atoms with E-state index in [1.165, 1.54) is 27.9 Å². The van der Waals surface area contributed by atoms with E-state index in [0.29, 0.717) is 42.7 Å². The maximum Gasteiger partial charge on any atom is 0.255 e. The van der Waals surface area contributed by atoms with E-state index < -0.39 is 11.9 Å². The van der Waals surface area contributed by atoms with Crippen LogP contribution in [0.5, 0.6) is 11.5 Å². The molecule has 6 heterocycles. The summed E-state index contributed by atoms with van der Waals surface area (Å²) in [5.41, 5.74) is 8.89. The van der Waals surface area contributed by atoms with Gasteiger partial charge in [-0.3, -0.25) is 24.6 Å². The van der Waals surface area contributed by atoms with Crippen molar-refractivity contribution in [3.05, 3.63) is 118 Å². The Morgan fingerprint density at radius 2 is 1.69 bits per heavy atom. The van der Waals surface area contributed by atoms with E-state index in [1.807, 2.05) is 24.3 Å². The van der Waals surface area contributed by atoms with Gasteiger partial charge >= 0.3 is 0 Å². The van der Waals surface area contributed by atoms with Gasteiger partial charge in [0.25, 0.3) is 5.91 Å². The monoisotopic (exact) mass is 779 g/mol. The quantitative estimate of drug-likeness (QED) is 0.255. The number of carbonyl (C=O) groups is 3. The number of phenols is 1. The Morgan fingerprint density at radius 1 is 0.845 bits per heavy atom. The summed E-state index contributed by atoms with van der Waals surface area (Å²) in [4.78, 5) is 46.8. The molecule has 4 aromatic carbocycles. The van der Waals surface area contributed by atoms with Gasteiger partial charge < -0.3 is 29.3 Å². The average Bonchev–Trinajstić information content (AvgIpc) is 3.81. The van der Waals surface area contributed by atoms with Gasteiger partial charge in [-0.15, -0.1) is 0 Å². The molecule has 7 aliphatic rings. The number of benzene rings is 4. The fourth-order valence-electron chi connectivity index (χ4n) is 11.4. The number of amides is 3. The van der Waals surface area contributed by atoms with Crippen LogP contribution in [0.25, 0.3) is 0 Å². The minimum absolute atomic E-state index is 0.0830. The highest BCUT2D eigenvalue weighted by Crippen LogP contribution is 2.48. The predicted molar refractivity (Wildman–Crippen MR) is 218 cm³/mol. The molecule has 3 amide bonds. The van der Waals surface area contributed by atoms with Crippen LogP contribution in [0.2, 0.25) is 0 Å². The standard InChI is InChI=1S/C47H49N5O6/c53-35-11-13-37-32(20-35)8-12-36(30-4-2-1-3-5-30)43(37)31-6-9-33(10-7-31)50-27-47(28-50)21-29(25-58-47)22-49-18-19-51-34(23-49)26-57-44-39-24-52(41-16-17-42(54)48-45(41)55)46(56)38(39)14-15-40(44)51/h1-7,9-11,13-15,20,29,34,36,41,43,53H,8,12,16-19,21-28H2,(H,48,54,55)/t29?,34-,36-,41?,43+/m1/s1. The number of hydrogen-bond donors (Lipinski definition) is 2. The second-order valence-electron chi connectivity index (χ2n) is 17.7. The van der Waals surface area contributed by atoms with Gasteiger partial charge in [0, 0.05) is 68.4 Å². The van der Waals surface area contributed by atoms with Crippen molar-refractivity contribution < 1.29 is 29.0 Å². The minimum Gasteiger partial charge on any atom is -0.508 e. The van der Waals surface area contributed by atoms with Crippen LogP contribution in [-0.2, 0) is 27.3 Å². The van der Waals surface area contributed by atoms with Crippen LogP contribution in [0.3, 0.4) is 0 Å². The fourth-order valence-corrected chi connectivity index (χ4v) is 11.4. The Labute approximate surface area is 338 Å². The minimum atomic E-state index is -0.640. The Morgan fingerprint density at radius 3 is 2.52 bits per heavy atom. The van der Waals surface area contributed by atoms with Gasteiger partial charge in [0.1, 0.15) is 29.7 Å². The first-order valence-corrected chi connectivity index (χ1v) is 21.1. The van der Waals surface area contributed by atoms with Crippen LogP contribution in [0.4, 0.5) is 11.4 Å². The van der Waals surface area contributed by atoms with E-state index in [4.69, 9.17) is 9.47 Å². The van der Waals surface area contributed by atoms with Gasteiger partial charge in [-0.2, -0.15) is 0 Å². The van der Waals surface area contributed by atoms with Crippen LogP contribution in [-0.4, -0.2) is 103 Å². The number of ether oxygens (including phenoxy) is 2. The van der Waals surface area contributed by atoms with Crippen LogP contribution < -0.4 is 19.9 Å². The largest absolute Gasteiger partial charge is 0.508 e. The fraction of sp³-hybridized carbons (Fsp3) is 0.426. The molecule has 1 spiro atoms. The van der Waals surface area contributed by atoms with E-state index in [0.717, 1.165) is 82.1 Å². The molecule has 4 fully saturated rings. The number of hydrogen-bond acceptors (Lipinski definition) is 9. The molecular formula is C47H49N5O6. The lowest BCUT2D eigenvalue weighted by Crippen LogP contribution is -2.62. The average molecular weight is 780 g/mol. The van der Waals surface area contributed by atoms with Gasteiger partial charge in [-0.25, -0.2) is 0 Å². The number of aryl methyl sites for hydroxylation is 1. The van der Waals surface area contributed by atoms with Crippen molar-refractivity contribution in [2.24, 2.45) is 5.92 Å². The normalized spacial score (nSPS) is 27.3. The molecule has 0 bridgehead atoms. The van der Waals surface area contributed by atoms with E-state index in [-0.39, 0.29) is 35.8 Å². The van der Waals surface area contributed by atoms with Crippen molar-refractivity contribution in [1.82, 2.24) is 15.1 Å². The summed E-state index contributed by atoms with van der Waals surface area (Å²) in [6.07, 6.45) is 3.67. The number of nitrogens with one attached hydrogen (secondary N) is 1. The Bertz CT molecular complexity index is 2290. The molecular weight excluding hydrogens is 731 g/mol. The Kier molecular flexibility index (Phi) is 8.55. The second-order valence-corrected chi connectivity index (χ2v) is 17.7. The molecule has 298 valence electrons. The lowest BCUT2D eigenvalue weighted by molar-refractivity contribution is -0.136. The Hall–Kier alpha value is -5.39. The smallest absolute Gasteiger partial charge is 0.255 e. The molecule has 11 nitrogen and oxygen atoms in total. The van der Waals surface area contributed by atoms with E-state index in [9.17, 15) is 19.5 Å². The van der Waals surface area contributed by atoms with Crippen molar-refractivity contribution >= 4 is 29.1 Å². The first-order valence-electron chi connectivity index (χ1n) is 21.1. The number of rotatable bonds is 6. The number of carbonyl (C=O) groups excluding carboxylic acids is 3. The molecule has 6 aliphatic heterocycles. The summed E-state index contributed by atoms with van der Waals surface area (Å²) < 4.78 is 13.0. The highest BCUT2D eigenvalue weighted by atomic mass is 16.5. The summed E-state index contributed by atoms with van der Waals surface area (Å²) in [5.74, 6) is 1.36. The van der Waals surface area contributed by atoms with Gasteiger partial charge in [-0.1, -0.05) is 48.5 Å². The first-order chi connectivity index (χ1) is 28.3. The number of piperidine rings is 1. The van der Waals surface area contributed by atoms with Crippen molar-refractivity contribution in [3.63, 3.8) is 0 Å². The van der Waals surface area contributed by atoms with E-state index >= 15 is 0 Å². The molecule has 0 saturated carbocycles. The summed E-state index contributed by atoms with van der Waals surface area (Å²) in [6, 6.07) is 29.5. The molecule has 0 aromatic heterocycles. The third kappa shape index (κ3) is 6.04. The molecule has 11 rings (SSSR count). The van der Waals surface area contributed by atoms with Gasteiger partial charge in [0.05, 0.1) is 24.9 Å². The highest BCUT2D eigenvalue weighted by Gasteiger charge is 2.50. The third-order valence-electron chi connectivity index (χ3n) is 14.1. The van der Waals surface area contributed by atoms with Crippen LogP contribution >= 0.6 is 0 Å². The molecule has 11 heteroatoms. The lowest BCUT2D eigenvalue weighted by atomic mass is 9.69. The molecule has 5 atom stereocenters. The SMILES string of the molecule is O=C1CCC(N2Cc3c(ccc4c3OC[C@H]3CN(CC5COC6(C5)CN(c5ccc([C@@H]7c8ccc(O)cc8CC[C@@H]7c7ccccc7)cc5)C6)CCN43)C2=O)C(=O)N1. The van der Waals surface area contributed by atoms with Crippen molar-refractivity contribution in [2.75, 3.05) is 62.3 Å². The summed E-state index contributed by atoms with van der Waals surface area (Å²) in [6.45, 7) is 7.24. The maximum atomic E-state index is 13.4. The lowest BCUT2D eigenvalue weighted by Gasteiger charge is -2.49. The second kappa shape index (κ2) is 13.9. The van der Waals surface area contributed by atoms with Gasteiger partial charge in [-0.05, 0) is 96.2 Å². The van der Waals surface area contributed by atoms with Crippen LogP contribution in [0, 0.1) is 5.92 Å². The number of nitrogens with zero attached hydrogens (tertiary/aromatic N) is 4. The number of imide groups is 1. The van der Waals surface area contributed by atoms with Gasteiger partial charge in [0.2, 0.25) is 11.8 Å². The maximum absolute atomic E-state index is 13.4. The zero-order valence-electron chi connectivity index (χ0n) is 32.6. The molecule has 4 aromatic rings. The van der Waals surface area contributed by atoms with Crippen molar-refractivity contribution in [2.45, 2.75) is 68.2 Å². The molecule has 2 unspecified atom stereocenters. The van der Waals surface area contributed by atoms with Crippen LogP contribution in [0.1, 0.15) is 75.7 Å². The summed E-state index contributed by atoms with van der Waals surface area (Å²) in [5, 5.41) is 12.6. The molecule has 58 heavy (non-hydrogen) atoms. The zero-order valence-corrected chi connectivity index (χ0v) is 32.6. The van der Waals surface area contributed by atoms with Crippen LogP contribution in [0.15, 0.2) is 84.9 Å². The first kappa shape index (κ1) is 35.7. The predicted octanol–water partition coefficient (Wildman–Crippen LogP) is 5.19. The number of anilines is 2. The number of aromatic hydroxyl groups is 1. The molecule has 1 aliphatic carbocycles. The van der Waals surface area contributed by atoms with E-state index in [2.05, 4.69) is 80.7 Å². The highest BCUT2D eigenvalue weighted by molar-refractivity contribution is 6.06. The molecule has 4 saturated heterocycles. The summed E-state index contributed by atoms with van der Waals surface area (Å²) >= 11 is 0. The molecule has 2 N–H and O–H groups in total. The topological polar surface area (TPSA) is 115 Å². The number of fused-ring (bicyclic) bond motifs is 6.